The lowest BCUT2D eigenvalue weighted by Crippen LogP contribution is -2.36. The summed E-state index contributed by atoms with van der Waals surface area (Å²) in [6.07, 6.45) is 0.0692. The highest BCUT2D eigenvalue weighted by molar-refractivity contribution is 5.88. The number of ether oxygens (including phenoxy) is 2. The van der Waals surface area contributed by atoms with Crippen molar-refractivity contribution in [1.82, 2.24) is 0 Å². The van der Waals surface area contributed by atoms with E-state index in [2.05, 4.69) is 0 Å². The summed E-state index contributed by atoms with van der Waals surface area (Å²) >= 11 is 0. The van der Waals surface area contributed by atoms with Gasteiger partial charge in [-0.2, -0.15) is 0 Å². The van der Waals surface area contributed by atoms with Gasteiger partial charge >= 0.3 is 5.97 Å². The van der Waals surface area contributed by atoms with E-state index in [1.165, 1.54) is 0 Å². The van der Waals surface area contributed by atoms with Gasteiger partial charge in [0.05, 0.1) is 11.7 Å². The Bertz CT molecular complexity index is 434. The molecule has 0 fully saturated rings. The van der Waals surface area contributed by atoms with Gasteiger partial charge in [-0.25, -0.2) is 0 Å². The molecule has 0 heterocycles. The summed E-state index contributed by atoms with van der Waals surface area (Å²) in [4.78, 5) is 23.0. The van der Waals surface area contributed by atoms with Crippen LogP contribution >= 0.6 is 0 Å². The van der Waals surface area contributed by atoms with Gasteiger partial charge in [0.2, 0.25) is 0 Å². The summed E-state index contributed by atoms with van der Waals surface area (Å²) in [7, 11) is 0. The summed E-state index contributed by atoms with van der Waals surface area (Å²) in [6, 6.07) is 9.34. The minimum absolute atomic E-state index is 0.159. The molecule has 4 heteroatoms. The highest BCUT2D eigenvalue weighted by atomic mass is 16.5. The van der Waals surface area contributed by atoms with E-state index in [1.807, 2.05) is 51.1 Å². The van der Waals surface area contributed by atoms with Crippen LogP contribution in [-0.4, -0.2) is 24.0 Å². The first kappa shape index (κ1) is 16.4. The van der Waals surface area contributed by atoms with Crippen molar-refractivity contribution in [2.75, 3.05) is 0 Å². The van der Waals surface area contributed by atoms with Crippen molar-refractivity contribution >= 4 is 12.3 Å². The molecule has 1 rings (SSSR count). The molecule has 0 spiro atoms. The van der Waals surface area contributed by atoms with E-state index in [0.717, 1.165) is 5.56 Å². The number of carbonyl (C=O) groups excluding carboxylic acids is 2. The van der Waals surface area contributed by atoms with E-state index in [9.17, 15) is 9.59 Å². The molecule has 0 N–H and O–H groups in total. The molecule has 0 aliphatic heterocycles. The standard InChI is InChI=1S/C16H22O4/c1-12(20-16(2,3)4)14(10-17)15(18)19-11-13-8-6-5-7-9-13/h5-10,12,14H,11H2,1-4H3. The minimum atomic E-state index is -0.905. The molecule has 0 saturated heterocycles. The minimum Gasteiger partial charge on any atom is -0.460 e. The fourth-order valence-corrected chi connectivity index (χ4v) is 1.81. The van der Waals surface area contributed by atoms with Gasteiger partial charge < -0.3 is 14.3 Å². The quantitative estimate of drug-likeness (QED) is 0.456. The normalized spacial score (nSPS) is 14.4. The number of hydrogen-bond acceptors (Lipinski definition) is 4. The topological polar surface area (TPSA) is 52.6 Å². The highest BCUT2D eigenvalue weighted by Crippen LogP contribution is 2.17. The maximum Gasteiger partial charge on any atom is 0.319 e. The van der Waals surface area contributed by atoms with Gasteiger partial charge in [0.15, 0.2) is 0 Å². The van der Waals surface area contributed by atoms with Crippen LogP contribution in [0.25, 0.3) is 0 Å². The lowest BCUT2D eigenvalue weighted by atomic mass is 10.0. The fourth-order valence-electron chi connectivity index (χ4n) is 1.81. The Hall–Kier alpha value is -1.68. The average Bonchev–Trinajstić information content (AvgIpc) is 2.36. The maximum atomic E-state index is 11.9. The van der Waals surface area contributed by atoms with Crippen LogP contribution in [0.4, 0.5) is 0 Å². The van der Waals surface area contributed by atoms with Gasteiger partial charge in [0.1, 0.15) is 18.8 Å². The summed E-state index contributed by atoms with van der Waals surface area (Å²) in [5, 5.41) is 0. The third kappa shape index (κ3) is 5.53. The molecule has 1 aromatic carbocycles. The van der Waals surface area contributed by atoms with Crippen LogP contribution in [0.3, 0.4) is 0 Å². The zero-order chi connectivity index (χ0) is 15.2. The van der Waals surface area contributed by atoms with Crippen molar-refractivity contribution in [3.8, 4) is 0 Å². The molecule has 0 bridgehead atoms. The highest BCUT2D eigenvalue weighted by Gasteiger charge is 2.30. The molecule has 0 aliphatic carbocycles. The van der Waals surface area contributed by atoms with E-state index >= 15 is 0 Å². The first-order valence-corrected chi connectivity index (χ1v) is 6.67. The van der Waals surface area contributed by atoms with E-state index in [4.69, 9.17) is 9.47 Å². The Kier molecular flexibility index (Phi) is 5.89. The van der Waals surface area contributed by atoms with Crippen molar-refractivity contribution < 1.29 is 19.1 Å². The predicted molar refractivity (Wildman–Crippen MR) is 76.1 cm³/mol. The Morgan fingerprint density at radius 2 is 1.85 bits per heavy atom. The second-order valence-electron chi connectivity index (χ2n) is 5.69. The molecule has 2 unspecified atom stereocenters. The van der Waals surface area contributed by atoms with Crippen molar-refractivity contribution in [2.24, 2.45) is 5.92 Å². The second-order valence-corrected chi connectivity index (χ2v) is 5.69. The average molecular weight is 278 g/mol. The Morgan fingerprint density at radius 3 is 2.35 bits per heavy atom. The Balaban J connectivity index is 2.57. The summed E-state index contributed by atoms with van der Waals surface area (Å²) in [5.74, 6) is -1.46. The maximum absolute atomic E-state index is 11.9. The number of hydrogen-bond donors (Lipinski definition) is 0. The molecular formula is C16H22O4. The molecule has 0 radical (unpaired) electrons. The first-order valence-electron chi connectivity index (χ1n) is 6.67. The van der Waals surface area contributed by atoms with Crippen LogP contribution in [0.2, 0.25) is 0 Å². The van der Waals surface area contributed by atoms with Crippen LogP contribution in [0.15, 0.2) is 30.3 Å². The van der Waals surface area contributed by atoms with E-state index in [1.54, 1.807) is 6.92 Å². The van der Waals surface area contributed by atoms with Gasteiger partial charge in [0.25, 0.3) is 0 Å². The third-order valence-corrected chi connectivity index (χ3v) is 2.69. The molecule has 0 saturated carbocycles. The smallest absolute Gasteiger partial charge is 0.319 e. The van der Waals surface area contributed by atoms with Gasteiger partial charge in [-0.1, -0.05) is 30.3 Å². The molecule has 0 aliphatic rings. The number of rotatable bonds is 6. The lowest BCUT2D eigenvalue weighted by Gasteiger charge is -2.27. The molecule has 1 aromatic rings. The fraction of sp³-hybridized carbons (Fsp3) is 0.500. The summed E-state index contributed by atoms with van der Waals surface area (Å²) in [6.45, 7) is 7.49. The van der Waals surface area contributed by atoms with Gasteiger partial charge in [-0.3, -0.25) is 4.79 Å². The molecule has 2 atom stereocenters. The molecule has 4 nitrogen and oxygen atoms in total. The number of carbonyl (C=O) groups is 2. The first-order chi connectivity index (χ1) is 9.33. The zero-order valence-electron chi connectivity index (χ0n) is 12.5. The van der Waals surface area contributed by atoms with Gasteiger partial charge in [-0.15, -0.1) is 0 Å². The predicted octanol–water partition coefficient (Wildman–Crippen LogP) is 2.75. The zero-order valence-corrected chi connectivity index (χ0v) is 12.5. The summed E-state index contributed by atoms with van der Waals surface area (Å²) in [5.41, 5.74) is 0.468. The van der Waals surface area contributed by atoms with Crippen molar-refractivity contribution in [3.63, 3.8) is 0 Å². The second kappa shape index (κ2) is 7.20. The Labute approximate surface area is 120 Å². The number of esters is 1. The number of benzene rings is 1. The van der Waals surface area contributed by atoms with Crippen LogP contribution in [0.5, 0.6) is 0 Å². The van der Waals surface area contributed by atoms with E-state index < -0.39 is 23.6 Å². The van der Waals surface area contributed by atoms with Crippen molar-refractivity contribution in [3.05, 3.63) is 35.9 Å². The third-order valence-electron chi connectivity index (χ3n) is 2.69. The number of aldehydes is 1. The monoisotopic (exact) mass is 278 g/mol. The molecule has 110 valence electrons. The van der Waals surface area contributed by atoms with Gasteiger partial charge in [0, 0.05) is 0 Å². The van der Waals surface area contributed by atoms with Crippen molar-refractivity contribution in [2.45, 2.75) is 46.0 Å². The van der Waals surface area contributed by atoms with Crippen LogP contribution in [0, 0.1) is 5.92 Å². The molecule has 0 aromatic heterocycles. The van der Waals surface area contributed by atoms with Crippen molar-refractivity contribution in [1.29, 1.82) is 0 Å². The largest absolute Gasteiger partial charge is 0.460 e. The van der Waals surface area contributed by atoms with Crippen LogP contribution in [-0.2, 0) is 25.7 Å². The van der Waals surface area contributed by atoms with E-state index in [-0.39, 0.29) is 6.61 Å². The van der Waals surface area contributed by atoms with Crippen LogP contribution in [0.1, 0.15) is 33.3 Å². The van der Waals surface area contributed by atoms with E-state index in [0.29, 0.717) is 6.29 Å². The SMILES string of the molecule is CC(OC(C)(C)C)C(C=O)C(=O)OCc1ccccc1. The lowest BCUT2D eigenvalue weighted by molar-refractivity contribution is -0.160. The molecule has 0 amide bonds. The summed E-state index contributed by atoms with van der Waals surface area (Å²) < 4.78 is 10.8. The molecular weight excluding hydrogens is 256 g/mol. The Morgan fingerprint density at radius 1 is 1.25 bits per heavy atom. The van der Waals surface area contributed by atoms with Gasteiger partial charge in [-0.05, 0) is 33.3 Å². The molecule has 20 heavy (non-hydrogen) atoms. The van der Waals surface area contributed by atoms with Crippen LogP contribution < -0.4 is 0 Å².